The van der Waals surface area contributed by atoms with Gasteiger partial charge >= 0.3 is 18.2 Å². The van der Waals surface area contributed by atoms with Crippen LogP contribution < -0.4 is 15.0 Å². The molecule has 1 spiro atoms. The number of pyridine rings is 1. The average Bonchev–Trinajstić information content (AvgIpc) is 3.52. The zero-order valence-corrected chi connectivity index (χ0v) is 38.2. The number of amides is 2. The second-order valence-corrected chi connectivity index (χ2v) is 22.2. The predicted octanol–water partition coefficient (Wildman–Crippen LogP) is 7.28. The summed E-state index contributed by atoms with van der Waals surface area (Å²) in [5.41, 5.74) is -0.297. The van der Waals surface area contributed by atoms with E-state index in [1.165, 1.54) is 6.20 Å². The summed E-state index contributed by atoms with van der Waals surface area (Å²) in [6.45, 7) is 16.3. The number of nitriles is 1. The second-order valence-electron chi connectivity index (χ2n) is 21.0. The summed E-state index contributed by atoms with van der Waals surface area (Å²) in [5.74, 6) is -2.35. The molecule has 6 aliphatic heterocycles. The van der Waals surface area contributed by atoms with E-state index < -0.39 is 39.7 Å². The summed E-state index contributed by atoms with van der Waals surface area (Å²) in [6, 6.07) is 1.91. The number of nitrogens with one attached hydrogen (secondary N) is 1. The zero-order chi connectivity index (χ0) is 45.0. The van der Waals surface area contributed by atoms with E-state index in [9.17, 15) is 14.9 Å². The molecular weight excluding hydrogens is 847 g/mol. The van der Waals surface area contributed by atoms with E-state index in [0.29, 0.717) is 47.4 Å². The molecule has 4 atom stereocenters. The van der Waals surface area contributed by atoms with Crippen LogP contribution in [-0.4, -0.2) is 113 Å². The van der Waals surface area contributed by atoms with Crippen molar-refractivity contribution < 1.29 is 42.1 Å². The molecule has 1 saturated carbocycles. The normalized spacial score (nSPS) is 26.6. The predicted molar refractivity (Wildman–Crippen MR) is 231 cm³/mol. The van der Waals surface area contributed by atoms with Crippen LogP contribution in [0.2, 0.25) is 0 Å². The number of hydrogen-bond acceptors (Lipinski definition) is 14. The monoisotopic (exact) mass is 902 g/mol. The number of rotatable bonds is 8. The number of anilines is 1. The Morgan fingerprint density at radius 3 is 2.30 bits per heavy atom. The van der Waals surface area contributed by atoms with Crippen molar-refractivity contribution in [2.45, 2.75) is 132 Å². The molecule has 64 heavy (non-hydrogen) atoms. The van der Waals surface area contributed by atoms with Gasteiger partial charge in [0.2, 0.25) is 0 Å². The highest BCUT2D eigenvalue weighted by Gasteiger charge is 2.57. The number of thioether (sulfide) groups is 1. The molecular formula is C46H56F2N8O7S. The minimum atomic E-state index is -1.93. The van der Waals surface area contributed by atoms with Crippen LogP contribution in [0.3, 0.4) is 0 Å². The lowest BCUT2D eigenvalue weighted by Crippen LogP contribution is -2.59. The Balaban J connectivity index is 1.08. The van der Waals surface area contributed by atoms with E-state index in [4.69, 9.17) is 33.7 Å². The van der Waals surface area contributed by atoms with Crippen molar-refractivity contribution in [1.82, 2.24) is 30.1 Å². The lowest BCUT2D eigenvalue weighted by atomic mass is 9.73. The van der Waals surface area contributed by atoms with E-state index in [0.717, 1.165) is 89.3 Å². The summed E-state index contributed by atoms with van der Waals surface area (Å²) in [7, 11) is 0. The van der Waals surface area contributed by atoms with Crippen LogP contribution in [0.4, 0.5) is 24.2 Å². The maximum atomic E-state index is 18.5. The Kier molecular flexibility index (Phi) is 10.5. The van der Waals surface area contributed by atoms with Gasteiger partial charge in [-0.3, -0.25) is 4.98 Å². The molecule has 10 rings (SSSR count). The van der Waals surface area contributed by atoms with Gasteiger partial charge in [-0.1, -0.05) is 11.8 Å². The Morgan fingerprint density at radius 2 is 1.64 bits per heavy atom. The molecule has 2 amide bonds. The SMILES string of the molecule is CC(C)(C)OC(=O)NC1(c2c3c(c4c(N5C6CCC5CN(C(=O)OC(C)(C)C)C6)nc(OCC5(CN6CC7(CCOCC7)C6)CC5)nc4c2F)COC3)Sc2c(F)cncc2C1C#N. The van der Waals surface area contributed by atoms with E-state index in [1.54, 1.807) is 25.7 Å². The van der Waals surface area contributed by atoms with Gasteiger partial charge < -0.3 is 43.7 Å². The second kappa shape index (κ2) is 15.5. The molecule has 1 aliphatic carbocycles. The highest BCUT2D eigenvalue weighted by Crippen LogP contribution is 2.61. The molecule has 1 N–H and O–H groups in total. The third-order valence-corrected chi connectivity index (χ3v) is 15.4. The van der Waals surface area contributed by atoms with Gasteiger partial charge in [0.15, 0.2) is 11.6 Å². The first-order valence-electron chi connectivity index (χ1n) is 22.4. The van der Waals surface area contributed by atoms with Gasteiger partial charge in [0.1, 0.15) is 33.3 Å². The standard InChI is InChI=1S/C46H56F2N8O7S/c1-42(2,3)62-40(57)53-46(31(15-49)28-16-50-17-32(47)37(28)64-46)34-30-21-60-20-29(30)33-36(35(34)48)51-39(61-25-45(9-10-45)24-54-22-44(23-54)11-13-59-14-12-44)52-38(33)56-26-7-8-27(56)19-55(18-26)41(58)63-43(4,5)6/h16-17,26-27,31H,7-14,18-25H2,1-6H3,(H,53,57). The molecule has 1 aromatic carbocycles. The fraction of sp³-hybridized carbons (Fsp3) is 0.652. The van der Waals surface area contributed by atoms with Crippen LogP contribution in [0, 0.1) is 33.8 Å². The van der Waals surface area contributed by atoms with E-state index in [1.807, 2.05) is 20.8 Å². The lowest BCUT2D eigenvalue weighted by Gasteiger charge is -2.53. The van der Waals surface area contributed by atoms with Crippen molar-refractivity contribution in [1.29, 1.82) is 5.26 Å². The summed E-state index contributed by atoms with van der Waals surface area (Å²) in [5, 5.41) is 14.2. The molecule has 15 nitrogen and oxygen atoms in total. The molecule has 7 aliphatic rings. The number of ether oxygens (including phenoxy) is 5. The van der Waals surface area contributed by atoms with Crippen molar-refractivity contribution in [3.8, 4) is 12.1 Å². The van der Waals surface area contributed by atoms with Gasteiger partial charge in [-0.05, 0) is 91.2 Å². The largest absolute Gasteiger partial charge is 0.463 e. The van der Waals surface area contributed by atoms with E-state index >= 15 is 8.78 Å². The Labute approximate surface area is 375 Å². The minimum absolute atomic E-state index is 0.000406. The number of alkyl carbamates (subject to hydrolysis) is 1. The Hall–Kier alpha value is -4.57. The molecule has 8 heterocycles. The third kappa shape index (κ3) is 7.67. The average molecular weight is 903 g/mol. The minimum Gasteiger partial charge on any atom is -0.463 e. The van der Waals surface area contributed by atoms with Gasteiger partial charge in [-0.2, -0.15) is 15.2 Å². The van der Waals surface area contributed by atoms with E-state index in [-0.39, 0.29) is 64.4 Å². The van der Waals surface area contributed by atoms with Gasteiger partial charge in [0.05, 0.1) is 42.4 Å². The number of carbonyl (C=O) groups excluding carboxylic acids is 2. The van der Waals surface area contributed by atoms with Crippen LogP contribution in [0.15, 0.2) is 17.3 Å². The van der Waals surface area contributed by atoms with Crippen LogP contribution in [0.25, 0.3) is 10.9 Å². The number of carbonyl (C=O) groups is 2. The fourth-order valence-electron chi connectivity index (χ4n) is 10.9. The maximum absolute atomic E-state index is 18.5. The molecule has 342 valence electrons. The van der Waals surface area contributed by atoms with Crippen LogP contribution >= 0.6 is 11.8 Å². The summed E-state index contributed by atoms with van der Waals surface area (Å²) in [4.78, 5) is 45.9. The third-order valence-electron chi connectivity index (χ3n) is 13.9. The van der Waals surface area contributed by atoms with Crippen molar-refractivity contribution in [2.24, 2.45) is 10.8 Å². The topological polar surface area (TPSA) is 164 Å². The first-order valence-corrected chi connectivity index (χ1v) is 23.3. The van der Waals surface area contributed by atoms with Crippen molar-refractivity contribution in [3.63, 3.8) is 0 Å². The highest BCUT2D eigenvalue weighted by molar-refractivity contribution is 8.00. The number of aromatic nitrogens is 3. The van der Waals surface area contributed by atoms with Crippen LogP contribution in [0.1, 0.15) is 108 Å². The molecule has 2 aromatic heterocycles. The molecule has 4 saturated heterocycles. The number of halogens is 2. The van der Waals surface area contributed by atoms with E-state index in [2.05, 4.69) is 26.2 Å². The number of benzene rings is 1. The number of hydrogen-bond donors (Lipinski definition) is 1. The molecule has 3 aromatic rings. The van der Waals surface area contributed by atoms with Crippen molar-refractivity contribution in [2.75, 3.05) is 57.4 Å². The molecule has 5 fully saturated rings. The van der Waals surface area contributed by atoms with Crippen molar-refractivity contribution in [3.05, 3.63) is 46.3 Å². The van der Waals surface area contributed by atoms with Gasteiger partial charge in [-0.15, -0.1) is 0 Å². The smallest absolute Gasteiger partial charge is 0.410 e. The summed E-state index contributed by atoms with van der Waals surface area (Å²) >= 11 is 0.845. The lowest BCUT2D eigenvalue weighted by molar-refractivity contribution is -0.0884. The number of nitrogens with zero attached hydrogens (tertiary/aromatic N) is 7. The Bertz CT molecular complexity index is 2430. The molecule has 18 heteroatoms. The zero-order valence-electron chi connectivity index (χ0n) is 37.4. The maximum Gasteiger partial charge on any atom is 0.410 e. The van der Waals surface area contributed by atoms with Gasteiger partial charge in [0.25, 0.3) is 0 Å². The fourth-order valence-corrected chi connectivity index (χ4v) is 12.4. The van der Waals surface area contributed by atoms with Crippen LogP contribution in [0.5, 0.6) is 6.01 Å². The number of fused-ring (bicyclic) bond motifs is 6. The molecule has 0 radical (unpaired) electrons. The first-order chi connectivity index (χ1) is 30.4. The number of likely N-dealkylation sites (tertiary alicyclic amines) is 2. The highest BCUT2D eigenvalue weighted by atomic mass is 32.2. The summed E-state index contributed by atoms with van der Waals surface area (Å²) in [6.07, 6.45) is 6.76. The van der Waals surface area contributed by atoms with Gasteiger partial charge in [-0.25, -0.2) is 18.4 Å². The Morgan fingerprint density at radius 1 is 0.953 bits per heavy atom. The molecule has 4 unspecified atom stereocenters. The summed E-state index contributed by atoms with van der Waals surface area (Å²) < 4.78 is 64.0. The van der Waals surface area contributed by atoms with Gasteiger partial charge in [0, 0.05) is 86.2 Å². The quantitative estimate of drug-likeness (QED) is 0.240. The van der Waals surface area contributed by atoms with Crippen LogP contribution in [-0.2, 0) is 37.0 Å². The van der Waals surface area contributed by atoms with Crippen molar-refractivity contribution >= 4 is 40.7 Å². The molecule has 2 bridgehead atoms. The number of piperazine rings is 1. The first kappa shape index (κ1) is 43.3.